The monoisotopic (exact) mass is 1130 g/mol. The summed E-state index contributed by atoms with van der Waals surface area (Å²) in [5.41, 5.74) is 19.4. The summed E-state index contributed by atoms with van der Waals surface area (Å²) < 4.78 is 8.23. The molecular formula is C77H56BrN5. The number of aromatic nitrogens is 3. The van der Waals surface area contributed by atoms with E-state index in [1.807, 2.05) is 12.1 Å². The van der Waals surface area contributed by atoms with Crippen molar-refractivity contribution in [3.05, 3.63) is 337 Å². The molecule has 0 saturated carbocycles. The Hall–Kier alpha value is -10.4. The number of benzene rings is 12. The first kappa shape index (κ1) is 50.8. The van der Waals surface area contributed by atoms with Crippen LogP contribution in [0, 0.1) is 0 Å². The van der Waals surface area contributed by atoms with Gasteiger partial charge in [0.05, 0.1) is 27.6 Å². The van der Waals surface area contributed by atoms with E-state index in [-0.39, 0.29) is 0 Å². The zero-order valence-electron chi connectivity index (χ0n) is 45.5. The number of nitrogens with zero attached hydrogens (tertiary/aromatic N) is 5. The zero-order chi connectivity index (χ0) is 55.5. The average Bonchev–Trinajstić information content (AvgIpc) is 3.47. The van der Waals surface area contributed by atoms with Gasteiger partial charge < -0.3 is 23.5 Å². The summed E-state index contributed by atoms with van der Waals surface area (Å²) in [4.78, 5) is 4.54. The number of hydrogen-bond donors (Lipinski definition) is 0. The van der Waals surface area contributed by atoms with E-state index in [2.05, 4.69) is 355 Å². The largest absolute Gasteiger partial charge is 0.315 e. The second-order valence-corrected chi connectivity index (χ2v) is 21.5. The summed E-state index contributed by atoms with van der Waals surface area (Å²) in [6, 6.07) is 109. The van der Waals surface area contributed by atoms with Gasteiger partial charge in [-0.05, 0) is 157 Å². The van der Waals surface area contributed by atoms with E-state index < -0.39 is 0 Å². The lowest BCUT2D eigenvalue weighted by Crippen LogP contribution is -2.09. The van der Waals surface area contributed by atoms with E-state index in [0.29, 0.717) is 0 Å². The molecule has 0 amide bonds. The molecule has 5 nitrogen and oxygen atoms in total. The van der Waals surface area contributed by atoms with Crippen LogP contribution in [0.3, 0.4) is 0 Å². The normalized spacial score (nSPS) is 11.6. The van der Waals surface area contributed by atoms with Gasteiger partial charge >= 0.3 is 0 Å². The van der Waals surface area contributed by atoms with Crippen molar-refractivity contribution in [1.82, 2.24) is 13.7 Å². The Labute approximate surface area is 491 Å². The molecule has 0 unspecified atom stereocenters. The van der Waals surface area contributed by atoms with Crippen molar-refractivity contribution in [3.63, 3.8) is 0 Å². The third-order valence-corrected chi connectivity index (χ3v) is 16.2. The van der Waals surface area contributed by atoms with Crippen LogP contribution in [0.15, 0.2) is 326 Å². The highest BCUT2D eigenvalue weighted by Gasteiger charge is 2.21. The Bertz CT molecular complexity index is 4650. The molecule has 3 aromatic heterocycles. The third kappa shape index (κ3) is 9.75. The Morgan fingerprint density at radius 3 is 1.19 bits per heavy atom. The molecule has 0 atom stereocenters. The second kappa shape index (κ2) is 22.6. The summed E-state index contributed by atoms with van der Waals surface area (Å²) in [5, 5.41) is 6.42. The SMILES string of the molecule is Brc1ccc(N(c2ccccc2)c2ccccc2)cc1.C1=Cc2ccc3c4ccccc4n(-c4ccccc4)c3c2C1.c1ccc(N(c2ccccc2)c2ccc(-n3ccc4ccc5c6ccccc6n(-c6ccccc6)c5c43)cc2)cc1. The summed E-state index contributed by atoms with van der Waals surface area (Å²) >= 11 is 3.49. The minimum Gasteiger partial charge on any atom is -0.315 e. The molecule has 15 aromatic rings. The molecule has 1 aliphatic rings. The zero-order valence-corrected chi connectivity index (χ0v) is 47.1. The van der Waals surface area contributed by atoms with Gasteiger partial charge in [0.15, 0.2) is 0 Å². The summed E-state index contributed by atoms with van der Waals surface area (Å²) in [6.07, 6.45) is 7.72. The summed E-state index contributed by atoms with van der Waals surface area (Å²) in [5.74, 6) is 0. The molecule has 0 fully saturated rings. The minimum atomic E-state index is 1.02. The first-order valence-electron chi connectivity index (χ1n) is 28.2. The number of para-hydroxylation sites is 8. The molecule has 396 valence electrons. The van der Waals surface area contributed by atoms with E-state index in [0.717, 1.165) is 56.4 Å². The maximum absolute atomic E-state index is 3.49. The van der Waals surface area contributed by atoms with Gasteiger partial charge in [0, 0.05) is 88.8 Å². The highest BCUT2D eigenvalue weighted by molar-refractivity contribution is 9.10. The highest BCUT2D eigenvalue weighted by Crippen LogP contribution is 2.41. The fourth-order valence-electron chi connectivity index (χ4n) is 11.9. The first-order chi connectivity index (χ1) is 41.1. The van der Waals surface area contributed by atoms with E-state index >= 15 is 0 Å². The van der Waals surface area contributed by atoms with Crippen molar-refractivity contribution < 1.29 is 0 Å². The van der Waals surface area contributed by atoms with Crippen molar-refractivity contribution in [1.29, 1.82) is 0 Å². The predicted molar refractivity (Wildman–Crippen MR) is 355 cm³/mol. The molecule has 0 radical (unpaired) electrons. The Morgan fingerprint density at radius 1 is 0.301 bits per heavy atom. The van der Waals surface area contributed by atoms with Gasteiger partial charge in [0.2, 0.25) is 0 Å². The standard InChI is InChI=1S/C38H27N3.C21H15N.C18H14BrN/c1-4-12-30(13-5-1)40(31-14-6-2-7-15-31)33-23-21-29(22-24-33)39-27-26-28-20-25-35-34-18-10-11-19-36(34)41(38(35)37(28)39)32-16-8-3-9-17-32;1-2-8-16(9-3-1)22-20-12-5-4-10-18(20)19-14-13-15-7-6-11-17(15)21(19)22;19-15-11-13-18(14-12-15)20(16-7-3-1-4-8-16)17-9-5-2-6-10-17/h1-27H;1-10,12-14H,11H2;1-14H. The van der Waals surface area contributed by atoms with Crippen molar-refractivity contribution in [2.45, 2.75) is 6.42 Å². The fraction of sp³-hybridized carbons (Fsp3) is 0.0130. The Morgan fingerprint density at radius 2 is 0.699 bits per heavy atom. The van der Waals surface area contributed by atoms with Crippen LogP contribution in [0.25, 0.3) is 77.7 Å². The average molecular weight is 1130 g/mol. The quantitative estimate of drug-likeness (QED) is 0.144. The van der Waals surface area contributed by atoms with Crippen molar-refractivity contribution in [2.75, 3.05) is 9.80 Å². The van der Waals surface area contributed by atoms with Crippen LogP contribution in [-0.2, 0) is 6.42 Å². The number of halogens is 1. The van der Waals surface area contributed by atoms with Crippen LogP contribution in [-0.4, -0.2) is 13.7 Å². The molecule has 0 spiro atoms. The van der Waals surface area contributed by atoms with Crippen molar-refractivity contribution in [3.8, 4) is 17.1 Å². The summed E-state index contributed by atoms with van der Waals surface area (Å²) in [6.45, 7) is 0. The van der Waals surface area contributed by atoms with Gasteiger partial charge in [-0.3, -0.25) is 0 Å². The maximum Gasteiger partial charge on any atom is 0.0788 e. The Kier molecular flexibility index (Phi) is 13.8. The van der Waals surface area contributed by atoms with Gasteiger partial charge in [-0.1, -0.05) is 198 Å². The highest BCUT2D eigenvalue weighted by atomic mass is 79.9. The minimum absolute atomic E-state index is 1.02. The van der Waals surface area contributed by atoms with E-state index in [9.17, 15) is 0 Å². The van der Waals surface area contributed by atoms with E-state index in [4.69, 9.17) is 0 Å². The number of anilines is 6. The fourth-order valence-corrected chi connectivity index (χ4v) is 12.2. The number of hydrogen-bond acceptors (Lipinski definition) is 2. The number of fused-ring (bicyclic) bond motifs is 10. The van der Waals surface area contributed by atoms with Crippen LogP contribution in [0.4, 0.5) is 34.1 Å². The number of allylic oxidation sites excluding steroid dienone is 1. The lowest BCUT2D eigenvalue weighted by atomic mass is 10.0. The van der Waals surface area contributed by atoms with Gasteiger partial charge in [-0.25, -0.2) is 0 Å². The maximum atomic E-state index is 3.49. The van der Waals surface area contributed by atoms with Crippen LogP contribution < -0.4 is 9.80 Å². The lowest BCUT2D eigenvalue weighted by Gasteiger charge is -2.25. The van der Waals surface area contributed by atoms with Crippen LogP contribution in [0.1, 0.15) is 11.1 Å². The van der Waals surface area contributed by atoms with Gasteiger partial charge in [-0.2, -0.15) is 0 Å². The molecule has 0 bridgehead atoms. The van der Waals surface area contributed by atoms with E-state index in [1.54, 1.807) is 0 Å². The predicted octanol–water partition coefficient (Wildman–Crippen LogP) is 21.5. The van der Waals surface area contributed by atoms with Crippen LogP contribution in [0.5, 0.6) is 0 Å². The van der Waals surface area contributed by atoms with Gasteiger partial charge in [-0.15, -0.1) is 0 Å². The molecule has 83 heavy (non-hydrogen) atoms. The first-order valence-corrected chi connectivity index (χ1v) is 29.0. The molecule has 3 heterocycles. The molecule has 16 rings (SSSR count). The molecular weight excluding hydrogens is 1070 g/mol. The van der Waals surface area contributed by atoms with Crippen molar-refractivity contribution >= 4 is 111 Å². The number of rotatable bonds is 9. The third-order valence-electron chi connectivity index (χ3n) is 15.6. The molecule has 0 saturated heterocycles. The van der Waals surface area contributed by atoms with Gasteiger partial charge in [0.25, 0.3) is 0 Å². The van der Waals surface area contributed by atoms with Gasteiger partial charge in [0.1, 0.15) is 0 Å². The van der Waals surface area contributed by atoms with Crippen LogP contribution >= 0.6 is 15.9 Å². The lowest BCUT2D eigenvalue weighted by molar-refractivity contribution is 1.11. The topological polar surface area (TPSA) is 21.3 Å². The van der Waals surface area contributed by atoms with Crippen LogP contribution in [0.2, 0.25) is 0 Å². The van der Waals surface area contributed by atoms with E-state index in [1.165, 1.54) is 71.3 Å². The summed E-state index contributed by atoms with van der Waals surface area (Å²) in [7, 11) is 0. The molecule has 1 aliphatic carbocycles. The molecule has 0 N–H and O–H groups in total. The smallest absolute Gasteiger partial charge is 0.0788 e. The van der Waals surface area contributed by atoms with Crippen molar-refractivity contribution in [2.24, 2.45) is 0 Å². The molecule has 0 aliphatic heterocycles. The Balaban J connectivity index is 0.000000123. The second-order valence-electron chi connectivity index (χ2n) is 20.6. The molecule has 6 heteroatoms. The molecule has 12 aromatic carbocycles.